The summed E-state index contributed by atoms with van der Waals surface area (Å²) in [6.07, 6.45) is 0.848. The number of anilines is 1. The van der Waals surface area contributed by atoms with Crippen molar-refractivity contribution >= 4 is 11.6 Å². The van der Waals surface area contributed by atoms with E-state index in [0.717, 1.165) is 12.1 Å². The lowest BCUT2D eigenvalue weighted by molar-refractivity contribution is -0.122. The van der Waals surface area contributed by atoms with Gasteiger partial charge in [-0.1, -0.05) is 55.0 Å². The average Bonchev–Trinajstić information content (AvgIpc) is 2.45. The van der Waals surface area contributed by atoms with Crippen LogP contribution in [0, 0.1) is 12.8 Å². The Bertz CT molecular complexity index is 633. The van der Waals surface area contributed by atoms with Crippen LogP contribution < -0.4 is 4.90 Å². The molecule has 0 spiro atoms. The van der Waals surface area contributed by atoms with E-state index in [1.807, 2.05) is 30.0 Å². The van der Waals surface area contributed by atoms with Crippen LogP contribution in [0.25, 0.3) is 0 Å². The van der Waals surface area contributed by atoms with Crippen LogP contribution in [0.5, 0.6) is 0 Å². The van der Waals surface area contributed by atoms with E-state index in [2.05, 4.69) is 37.3 Å². The van der Waals surface area contributed by atoms with E-state index >= 15 is 0 Å². The van der Waals surface area contributed by atoms with Gasteiger partial charge in [0.25, 0.3) is 0 Å². The van der Waals surface area contributed by atoms with Crippen LogP contribution in [0.3, 0.4) is 0 Å². The Labute approximate surface area is 120 Å². The smallest absolute Gasteiger partial charge is 0.230 e. The zero-order chi connectivity index (χ0) is 14.1. The van der Waals surface area contributed by atoms with Gasteiger partial charge in [0.05, 0.1) is 6.54 Å². The first-order chi connectivity index (χ1) is 9.65. The number of amides is 1. The second-order valence-corrected chi connectivity index (χ2v) is 5.65. The molecule has 2 nitrogen and oxygen atoms in total. The van der Waals surface area contributed by atoms with E-state index in [0.29, 0.717) is 6.54 Å². The summed E-state index contributed by atoms with van der Waals surface area (Å²) in [6, 6.07) is 16.5. The molecule has 0 saturated heterocycles. The molecule has 0 saturated carbocycles. The zero-order valence-corrected chi connectivity index (χ0v) is 12.0. The van der Waals surface area contributed by atoms with Gasteiger partial charge >= 0.3 is 0 Å². The van der Waals surface area contributed by atoms with Crippen LogP contribution in [0.4, 0.5) is 5.69 Å². The summed E-state index contributed by atoms with van der Waals surface area (Å²) in [4.78, 5) is 14.4. The fourth-order valence-corrected chi connectivity index (χ4v) is 2.87. The Morgan fingerprint density at radius 2 is 1.90 bits per heavy atom. The summed E-state index contributed by atoms with van der Waals surface area (Å²) in [5, 5.41) is 0. The van der Waals surface area contributed by atoms with E-state index in [1.54, 1.807) is 0 Å². The quantitative estimate of drug-likeness (QED) is 0.810. The fourth-order valence-electron chi connectivity index (χ4n) is 2.87. The molecule has 0 radical (unpaired) electrons. The first-order valence-electron chi connectivity index (χ1n) is 7.10. The van der Waals surface area contributed by atoms with Crippen molar-refractivity contribution in [1.29, 1.82) is 0 Å². The maximum Gasteiger partial charge on any atom is 0.230 e. The van der Waals surface area contributed by atoms with Gasteiger partial charge in [-0.2, -0.15) is 0 Å². The predicted octanol–water partition coefficient (Wildman–Crippen LogP) is 3.72. The molecule has 0 aromatic heterocycles. The van der Waals surface area contributed by atoms with E-state index < -0.39 is 0 Å². The average molecular weight is 265 g/mol. The Hall–Kier alpha value is -2.09. The molecule has 1 amide bonds. The van der Waals surface area contributed by atoms with Gasteiger partial charge < -0.3 is 4.90 Å². The van der Waals surface area contributed by atoms with Crippen molar-refractivity contribution < 1.29 is 4.79 Å². The highest BCUT2D eigenvalue weighted by atomic mass is 16.2. The fraction of sp³-hybridized carbons (Fsp3) is 0.278. The van der Waals surface area contributed by atoms with Crippen molar-refractivity contribution in [2.24, 2.45) is 5.92 Å². The van der Waals surface area contributed by atoms with Gasteiger partial charge in [-0.15, -0.1) is 0 Å². The third-order valence-corrected chi connectivity index (χ3v) is 3.92. The molecule has 2 aromatic rings. The lowest BCUT2D eigenvalue weighted by atomic mass is 9.91. The molecule has 20 heavy (non-hydrogen) atoms. The summed E-state index contributed by atoms with van der Waals surface area (Å²) in [5.41, 5.74) is 4.78. The van der Waals surface area contributed by atoms with Gasteiger partial charge in [-0.25, -0.2) is 0 Å². The minimum atomic E-state index is 0.0630. The molecule has 0 aliphatic carbocycles. The van der Waals surface area contributed by atoms with Crippen LogP contribution in [-0.2, 0) is 17.8 Å². The van der Waals surface area contributed by atoms with Crippen LogP contribution in [0.2, 0.25) is 0 Å². The molecule has 1 atom stereocenters. The molecule has 0 fully saturated rings. The normalized spacial score (nSPS) is 18.0. The van der Waals surface area contributed by atoms with Gasteiger partial charge in [0, 0.05) is 11.6 Å². The van der Waals surface area contributed by atoms with Gasteiger partial charge in [-0.05, 0) is 30.5 Å². The lowest BCUT2D eigenvalue weighted by Crippen LogP contribution is -2.39. The van der Waals surface area contributed by atoms with E-state index in [9.17, 15) is 4.79 Å². The minimum Gasteiger partial charge on any atom is -0.307 e. The van der Waals surface area contributed by atoms with Crippen molar-refractivity contribution in [2.75, 3.05) is 4.90 Å². The summed E-state index contributed by atoms with van der Waals surface area (Å²) in [7, 11) is 0. The van der Waals surface area contributed by atoms with Crippen molar-refractivity contribution in [1.82, 2.24) is 0 Å². The third-order valence-electron chi connectivity index (χ3n) is 3.92. The Kier molecular flexibility index (Phi) is 3.31. The topological polar surface area (TPSA) is 20.3 Å². The van der Waals surface area contributed by atoms with Gasteiger partial charge in [0.1, 0.15) is 0 Å². The van der Waals surface area contributed by atoms with E-state index in [4.69, 9.17) is 0 Å². The summed E-state index contributed by atoms with van der Waals surface area (Å²) < 4.78 is 0. The number of carbonyl (C=O) groups is 1. The molecule has 2 aromatic carbocycles. The molecular weight excluding hydrogens is 246 g/mol. The SMILES string of the molecule is Cc1ccc2c(c1)CC(C)C(=O)N2Cc1ccccc1. The number of nitrogens with zero attached hydrogens (tertiary/aromatic N) is 1. The highest BCUT2D eigenvalue weighted by molar-refractivity contribution is 5.97. The molecule has 0 N–H and O–H groups in total. The summed E-state index contributed by atoms with van der Waals surface area (Å²) in [5.74, 6) is 0.290. The number of hydrogen-bond acceptors (Lipinski definition) is 1. The predicted molar refractivity (Wildman–Crippen MR) is 81.7 cm³/mol. The molecule has 2 heteroatoms. The number of aryl methyl sites for hydroxylation is 1. The standard InChI is InChI=1S/C18H19NO/c1-13-8-9-17-16(10-13)11-14(2)18(20)19(17)12-15-6-4-3-5-7-15/h3-10,14H,11-12H2,1-2H3. The second kappa shape index (κ2) is 5.12. The zero-order valence-electron chi connectivity index (χ0n) is 12.0. The number of carbonyl (C=O) groups excluding carboxylic acids is 1. The molecule has 1 aliphatic heterocycles. The van der Waals surface area contributed by atoms with Crippen molar-refractivity contribution in [3.63, 3.8) is 0 Å². The van der Waals surface area contributed by atoms with E-state index in [1.165, 1.54) is 16.7 Å². The molecule has 1 heterocycles. The highest BCUT2D eigenvalue weighted by Gasteiger charge is 2.29. The molecule has 0 bridgehead atoms. The molecule has 1 unspecified atom stereocenters. The van der Waals surface area contributed by atoms with E-state index in [-0.39, 0.29) is 11.8 Å². The van der Waals surface area contributed by atoms with Gasteiger partial charge in [0.15, 0.2) is 0 Å². The first kappa shape index (κ1) is 12.9. The van der Waals surface area contributed by atoms with Crippen LogP contribution in [-0.4, -0.2) is 5.91 Å². The van der Waals surface area contributed by atoms with Crippen molar-refractivity contribution in [3.8, 4) is 0 Å². The van der Waals surface area contributed by atoms with Crippen LogP contribution in [0.1, 0.15) is 23.6 Å². The largest absolute Gasteiger partial charge is 0.307 e. The van der Waals surface area contributed by atoms with Crippen molar-refractivity contribution in [2.45, 2.75) is 26.8 Å². The molecule has 102 valence electrons. The maximum absolute atomic E-state index is 12.5. The second-order valence-electron chi connectivity index (χ2n) is 5.65. The van der Waals surface area contributed by atoms with Gasteiger partial charge in [-0.3, -0.25) is 4.79 Å². The number of benzene rings is 2. The summed E-state index contributed by atoms with van der Waals surface area (Å²) in [6.45, 7) is 4.77. The Balaban J connectivity index is 1.99. The molecule has 1 aliphatic rings. The maximum atomic E-state index is 12.5. The molecule has 3 rings (SSSR count). The summed E-state index contributed by atoms with van der Waals surface area (Å²) >= 11 is 0. The Morgan fingerprint density at radius 1 is 1.15 bits per heavy atom. The lowest BCUT2D eigenvalue weighted by Gasteiger charge is -2.33. The minimum absolute atomic E-state index is 0.0630. The van der Waals surface area contributed by atoms with Crippen molar-refractivity contribution in [3.05, 3.63) is 65.2 Å². The monoisotopic (exact) mass is 265 g/mol. The Morgan fingerprint density at radius 3 is 2.65 bits per heavy atom. The van der Waals surface area contributed by atoms with Gasteiger partial charge in [0.2, 0.25) is 5.91 Å². The third kappa shape index (κ3) is 2.34. The first-order valence-corrected chi connectivity index (χ1v) is 7.10. The molecular formula is C18H19NO. The number of hydrogen-bond donors (Lipinski definition) is 0. The number of rotatable bonds is 2. The highest BCUT2D eigenvalue weighted by Crippen LogP contribution is 2.32. The van der Waals surface area contributed by atoms with Crippen LogP contribution >= 0.6 is 0 Å². The number of fused-ring (bicyclic) bond motifs is 1. The van der Waals surface area contributed by atoms with Crippen LogP contribution in [0.15, 0.2) is 48.5 Å².